The van der Waals surface area contributed by atoms with E-state index in [1.54, 1.807) is 12.1 Å². The number of unbranched alkanes of at least 4 members (excludes halogenated alkanes) is 3. The first-order valence-electron chi connectivity index (χ1n) is 6.71. The van der Waals surface area contributed by atoms with E-state index in [-0.39, 0.29) is 0 Å². The maximum atomic E-state index is 9.40. The zero-order chi connectivity index (χ0) is 13.5. The van der Waals surface area contributed by atoms with Gasteiger partial charge in [0.05, 0.1) is 6.61 Å². The van der Waals surface area contributed by atoms with Gasteiger partial charge in [-0.2, -0.15) is 0 Å². The molecule has 0 aliphatic heterocycles. The highest BCUT2D eigenvalue weighted by Crippen LogP contribution is 2.24. The van der Waals surface area contributed by atoms with E-state index >= 15 is 0 Å². The summed E-state index contributed by atoms with van der Waals surface area (Å²) in [5.41, 5.74) is 0. The summed E-state index contributed by atoms with van der Waals surface area (Å²) in [6.07, 6.45) is 4.48. The Morgan fingerprint density at radius 1 is 0.895 bits per heavy atom. The molecule has 0 aliphatic carbocycles. The number of alkyl halides is 1. The van der Waals surface area contributed by atoms with Crippen LogP contribution < -0.4 is 4.74 Å². The van der Waals surface area contributed by atoms with Gasteiger partial charge < -0.3 is 9.84 Å². The Bertz CT molecular complexity index is 525. The van der Waals surface area contributed by atoms with Gasteiger partial charge in [-0.05, 0) is 47.9 Å². The van der Waals surface area contributed by atoms with Crippen molar-refractivity contribution < 1.29 is 9.84 Å². The lowest BCUT2D eigenvalue weighted by Crippen LogP contribution is -1.97. The molecule has 0 aliphatic rings. The van der Waals surface area contributed by atoms with Crippen molar-refractivity contribution in [3.63, 3.8) is 0 Å². The summed E-state index contributed by atoms with van der Waals surface area (Å²) in [6.45, 7) is 0.742. The number of halogens is 1. The third-order valence-electron chi connectivity index (χ3n) is 3.09. The van der Waals surface area contributed by atoms with E-state index in [0.717, 1.165) is 48.3 Å². The topological polar surface area (TPSA) is 29.5 Å². The third kappa shape index (κ3) is 4.32. The largest absolute Gasteiger partial charge is 0.508 e. The zero-order valence-corrected chi connectivity index (χ0v) is 11.7. The summed E-state index contributed by atoms with van der Waals surface area (Å²) < 4.78 is 5.73. The Morgan fingerprint density at radius 3 is 2.47 bits per heavy atom. The van der Waals surface area contributed by atoms with Crippen LogP contribution >= 0.6 is 11.6 Å². The van der Waals surface area contributed by atoms with E-state index in [9.17, 15) is 5.11 Å². The lowest BCUT2D eigenvalue weighted by molar-refractivity contribution is 0.305. The van der Waals surface area contributed by atoms with Crippen LogP contribution in [-0.4, -0.2) is 17.6 Å². The Morgan fingerprint density at radius 2 is 1.63 bits per heavy atom. The quantitative estimate of drug-likeness (QED) is 0.586. The predicted molar refractivity (Wildman–Crippen MR) is 80.3 cm³/mol. The molecule has 2 rings (SSSR count). The maximum Gasteiger partial charge on any atom is 0.119 e. The number of ether oxygens (including phenoxy) is 1. The molecule has 0 atom stereocenters. The first kappa shape index (κ1) is 14.0. The van der Waals surface area contributed by atoms with Crippen molar-refractivity contribution >= 4 is 22.4 Å². The molecule has 0 heterocycles. The Labute approximate surface area is 119 Å². The van der Waals surface area contributed by atoms with Crippen molar-refractivity contribution in [2.75, 3.05) is 12.5 Å². The SMILES string of the molecule is Oc1ccc2cc(OCCCCCCCl)ccc2c1. The molecule has 0 spiro atoms. The average molecular weight is 279 g/mol. The molecule has 0 saturated carbocycles. The predicted octanol–water partition coefficient (Wildman–Crippen LogP) is 4.72. The normalized spacial score (nSPS) is 10.8. The molecule has 0 radical (unpaired) electrons. The van der Waals surface area contributed by atoms with Crippen molar-refractivity contribution in [1.29, 1.82) is 0 Å². The first-order valence-corrected chi connectivity index (χ1v) is 7.24. The summed E-state index contributed by atoms with van der Waals surface area (Å²) in [5.74, 6) is 1.93. The van der Waals surface area contributed by atoms with Crippen LogP contribution in [0.5, 0.6) is 11.5 Å². The number of hydrogen-bond donors (Lipinski definition) is 1. The number of rotatable bonds is 7. The van der Waals surface area contributed by atoms with E-state index < -0.39 is 0 Å². The molecule has 102 valence electrons. The Kier molecular flexibility index (Phi) is 5.34. The molecule has 3 heteroatoms. The van der Waals surface area contributed by atoms with E-state index in [1.165, 1.54) is 6.42 Å². The molecule has 0 fully saturated rings. The number of phenolic OH excluding ortho intramolecular Hbond substituents is 1. The molecule has 2 aromatic rings. The second kappa shape index (κ2) is 7.25. The molecule has 0 bridgehead atoms. The second-order valence-corrected chi connectivity index (χ2v) is 5.02. The standard InChI is InChI=1S/C16H19ClO2/c17-9-3-1-2-4-10-19-16-8-6-13-11-15(18)7-5-14(13)12-16/h5-8,11-12,18H,1-4,9-10H2. The van der Waals surface area contributed by atoms with Crippen LogP contribution in [0.1, 0.15) is 25.7 Å². The molecule has 0 aromatic heterocycles. The molecule has 2 nitrogen and oxygen atoms in total. The van der Waals surface area contributed by atoms with Crippen LogP contribution in [0.25, 0.3) is 10.8 Å². The van der Waals surface area contributed by atoms with Gasteiger partial charge in [-0.1, -0.05) is 25.0 Å². The van der Waals surface area contributed by atoms with Crippen molar-refractivity contribution in [2.24, 2.45) is 0 Å². The van der Waals surface area contributed by atoms with E-state index in [1.807, 2.05) is 24.3 Å². The third-order valence-corrected chi connectivity index (χ3v) is 3.36. The summed E-state index contributed by atoms with van der Waals surface area (Å²) in [6, 6.07) is 11.3. The van der Waals surface area contributed by atoms with Crippen molar-refractivity contribution in [3.8, 4) is 11.5 Å². The van der Waals surface area contributed by atoms with Crippen molar-refractivity contribution in [2.45, 2.75) is 25.7 Å². The minimum Gasteiger partial charge on any atom is -0.508 e. The maximum absolute atomic E-state index is 9.40. The summed E-state index contributed by atoms with van der Waals surface area (Å²) in [4.78, 5) is 0. The van der Waals surface area contributed by atoms with Gasteiger partial charge in [0.25, 0.3) is 0 Å². The number of hydrogen-bond acceptors (Lipinski definition) is 2. The second-order valence-electron chi connectivity index (χ2n) is 4.64. The average Bonchev–Trinajstić information content (AvgIpc) is 2.43. The van der Waals surface area contributed by atoms with Gasteiger partial charge in [0.1, 0.15) is 11.5 Å². The fourth-order valence-electron chi connectivity index (χ4n) is 2.04. The van der Waals surface area contributed by atoms with E-state index in [2.05, 4.69) is 0 Å². The van der Waals surface area contributed by atoms with Crippen LogP contribution in [0.4, 0.5) is 0 Å². The van der Waals surface area contributed by atoms with E-state index in [4.69, 9.17) is 16.3 Å². The molecule has 2 aromatic carbocycles. The van der Waals surface area contributed by atoms with Gasteiger partial charge in [-0.15, -0.1) is 11.6 Å². The minimum atomic E-state index is 0.292. The van der Waals surface area contributed by atoms with Gasteiger partial charge in [0.2, 0.25) is 0 Å². The monoisotopic (exact) mass is 278 g/mol. The van der Waals surface area contributed by atoms with Crippen LogP contribution in [0, 0.1) is 0 Å². The molecular weight excluding hydrogens is 260 g/mol. The lowest BCUT2D eigenvalue weighted by atomic mass is 10.1. The molecule has 1 N–H and O–H groups in total. The number of benzene rings is 2. The fourth-order valence-corrected chi connectivity index (χ4v) is 2.23. The van der Waals surface area contributed by atoms with Crippen LogP contribution in [0.15, 0.2) is 36.4 Å². The highest BCUT2D eigenvalue weighted by atomic mass is 35.5. The molecule has 19 heavy (non-hydrogen) atoms. The highest BCUT2D eigenvalue weighted by molar-refractivity contribution is 6.17. The summed E-state index contributed by atoms with van der Waals surface area (Å²) >= 11 is 5.63. The number of aromatic hydroxyl groups is 1. The van der Waals surface area contributed by atoms with Gasteiger partial charge >= 0.3 is 0 Å². The lowest BCUT2D eigenvalue weighted by Gasteiger charge is -2.07. The Hall–Kier alpha value is -1.41. The van der Waals surface area contributed by atoms with Gasteiger partial charge in [0.15, 0.2) is 0 Å². The summed E-state index contributed by atoms with van der Waals surface area (Å²) in [5, 5.41) is 11.5. The van der Waals surface area contributed by atoms with Crippen molar-refractivity contribution in [1.82, 2.24) is 0 Å². The smallest absolute Gasteiger partial charge is 0.119 e. The fraction of sp³-hybridized carbons (Fsp3) is 0.375. The van der Waals surface area contributed by atoms with Gasteiger partial charge in [0, 0.05) is 5.88 Å². The van der Waals surface area contributed by atoms with Crippen molar-refractivity contribution in [3.05, 3.63) is 36.4 Å². The molecule has 0 amide bonds. The first-order chi connectivity index (χ1) is 9.29. The molecular formula is C16H19ClO2. The Balaban J connectivity index is 1.86. The van der Waals surface area contributed by atoms with Gasteiger partial charge in [-0.3, -0.25) is 0 Å². The summed E-state index contributed by atoms with van der Waals surface area (Å²) in [7, 11) is 0. The van der Waals surface area contributed by atoms with Gasteiger partial charge in [-0.25, -0.2) is 0 Å². The van der Waals surface area contributed by atoms with E-state index in [0.29, 0.717) is 5.75 Å². The highest BCUT2D eigenvalue weighted by Gasteiger charge is 1.99. The molecule has 0 saturated heterocycles. The number of phenols is 1. The minimum absolute atomic E-state index is 0.292. The molecule has 0 unspecified atom stereocenters. The van der Waals surface area contributed by atoms with Crippen LogP contribution in [0.3, 0.4) is 0 Å². The van der Waals surface area contributed by atoms with Crippen LogP contribution in [-0.2, 0) is 0 Å². The number of fused-ring (bicyclic) bond motifs is 1. The van der Waals surface area contributed by atoms with Crippen LogP contribution in [0.2, 0.25) is 0 Å². The zero-order valence-electron chi connectivity index (χ0n) is 10.9.